The van der Waals surface area contributed by atoms with Crippen LogP contribution in [0.3, 0.4) is 0 Å². The van der Waals surface area contributed by atoms with Crippen molar-refractivity contribution in [2.75, 3.05) is 7.11 Å². The number of fused-ring (bicyclic) bond motifs is 3. The van der Waals surface area contributed by atoms with Crippen molar-refractivity contribution in [3.8, 4) is 0 Å². The van der Waals surface area contributed by atoms with Gasteiger partial charge in [0.1, 0.15) is 6.04 Å². The highest BCUT2D eigenvalue weighted by Gasteiger charge is 2.27. The number of unbranched alkanes of at least 4 members (excludes halogenated alkanes) is 1. The number of ether oxygens (including phenoxy) is 1. The third kappa shape index (κ3) is 3.42. The molecule has 0 bridgehead atoms. The van der Waals surface area contributed by atoms with Gasteiger partial charge in [-0.25, -0.2) is 0 Å². The molecule has 23 heavy (non-hydrogen) atoms. The SMILES string of the molecule is CCCC[C@H](N[C@@H]1CCc2[nH]c3ccccc3c2C1)C(=O)OC. The first-order valence-electron chi connectivity index (χ1n) is 8.65. The highest BCUT2D eigenvalue weighted by atomic mass is 16.5. The normalized spacial score (nSPS) is 18.6. The molecule has 3 rings (SSSR count). The summed E-state index contributed by atoms with van der Waals surface area (Å²) in [7, 11) is 1.47. The number of esters is 1. The van der Waals surface area contributed by atoms with Crippen LogP contribution in [0, 0.1) is 0 Å². The van der Waals surface area contributed by atoms with Crippen LogP contribution in [0.4, 0.5) is 0 Å². The fraction of sp³-hybridized carbons (Fsp3) is 0.526. The predicted octanol–water partition coefficient (Wildman–Crippen LogP) is 3.35. The first-order valence-corrected chi connectivity index (χ1v) is 8.65. The van der Waals surface area contributed by atoms with Crippen molar-refractivity contribution < 1.29 is 9.53 Å². The average Bonchev–Trinajstić information content (AvgIpc) is 2.96. The van der Waals surface area contributed by atoms with Crippen LogP contribution in [-0.4, -0.2) is 30.1 Å². The van der Waals surface area contributed by atoms with Gasteiger partial charge < -0.3 is 15.0 Å². The van der Waals surface area contributed by atoms with Crippen molar-refractivity contribution in [2.24, 2.45) is 0 Å². The molecule has 0 amide bonds. The molecule has 0 unspecified atom stereocenters. The van der Waals surface area contributed by atoms with Gasteiger partial charge in [0, 0.05) is 22.6 Å². The van der Waals surface area contributed by atoms with Crippen LogP contribution >= 0.6 is 0 Å². The van der Waals surface area contributed by atoms with Gasteiger partial charge in [-0.3, -0.25) is 4.79 Å². The minimum atomic E-state index is -0.184. The summed E-state index contributed by atoms with van der Waals surface area (Å²) in [5.74, 6) is -0.136. The number of hydrogen-bond donors (Lipinski definition) is 2. The molecule has 0 saturated carbocycles. The number of H-pyrrole nitrogens is 1. The van der Waals surface area contributed by atoms with E-state index in [0.29, 0.717) is 6.04 Å². The molecule has 124 valence electrons. The minimum absolute atomic E-state index is 0.136. The summed E-state index contributed by atoms with van der Waals surface area (Å²) in [6.45, 7) is 2.15. The number of nitrogens with one attached hydrogen (secondary N) is 2. The third-order valence-corrected chi connectivity index (χ3v) is 4.86. The Labute approximate surface area is 137 Å². The second-order valence-corrected chi connectivity index (χ2v) is 6.45. The van der Waals surface area contributed by atoms with Gasteiger partial charge in [0.2, 0.25) is 0 Å². The number of para-hydroxylation sites is 1. The number of carbonyl (C=O) groups excluding carboxylic acids is 1. The number of carbonyl (C=O) groups is 1. The van der Waals surface area contributed by atoms with E-state index >= 15 is 0 Å². The summed E-state index contributed by atoms with van der Waals surface area (Å²) in [5, 5.41) is 4.87. The number of aromatic amines is 1. The van der Waals surface area contributed by atoms with E-state index in [2.05, 4.69) is 41.5 Å². The number of rotatable bonds is 6. The Morgan fingerprint density at radius 2 is 2.26 bits per heavy atom. The highest BCUT2D eigenvalue weighted by molar-refractivity contribution is 5.85. The fourth-order valence-electron chi connectivity index (χ4n) is 3.62. The summed E-state index contributed by atoms with van der Waals surface area (Å²) in [4.78, 5) is 15.5. The lowest BCUT2D eigenvalue weighted by molar-refractivity contribution is -0.143. The van der Waals surface area contributed by atoms with Gasteiger partial charge in [-0.1, -0.05) is 38.0 Å². The van der Waals surface area contributed by atoms with Crippen molar-refractivity contribution in [3.63, 3.8) is 0 Å². The van der Waals surface area contributed by atoms with Crippen molar-refractivity contribution in [1.82, 2.24) is 10.3 Å². The molecular formula is C19H26N2O2. The Bertz CT molecular complexity index is 677. The summed E-state index contributed by atoms with van der Waals surface area (Å²) in [6, 6.07) is 8.62. The minimum Gasteiger partial charge on any atom is -0.468 e. The molecule has 1 aliphatic carbocycles. The van der Waals surface area contributed by atoms with Gasteiger partial charge in [-0.15, -0.1) is 0 Å². The molecule has 1 heterocycles. The first-order chi connectivity index (χ1) is 11.2. The average molecular weight is 314 g/mol. The molecule has 1 aliphatic rings. The molecule has 2 atom stereocenters. The summed E-state index contributed by atoms with van der Waals surface area (Å²) in [5.41, 5.74) is 3.98. The molecule has 0 radical (unpaired) electrons. The van der Waals surface area contributed by atoms with Crippen LogP contribution in [0.25, 0.3) is 10.9 Å². The Hall–Kier alpha value is -1.81. The summed E-state index contributed by atoms with van der Waals surface area (Å²) < 4.78 is 4.97. The standard InChI is InChI=1S/C19H26N2O2/c1-3-4-8-18(19(22)23-2)20-13-10-11-17-15(12-13)14-7-5-6-9-16(14)21-17/h5-7,9,13,18,20-21H,3-4,8,10-12H2,1-2H3/t13-,18+/m1/s1. The molecule has 4 nitrogen and oxygen atoms in total. The van der Waals surface area contributed by atoms with Crippen molar-refractivity contribution in [3.05, 3.63) is 35.5 Å². The first kappa shape index (κ1) is 16.1. The Balaban J connectivity index is 1.74. The van der Waals surface area contributed by atoms with Crippen LogP contribution in [0.5, 0.6) is 0 Å². The Kier molecular flexibility index (Phi) is 5.01. The molecule has 2 aromatic rings. The molecular weight excluding hydrogens is 288 g/mol. The van der Waals surface area contributed by atoms with Crippen molar-refractivity contribution in [2.45, 2.75) is 57.5 Å². The fourth-order valence-corrected chi connectivity index (χ4v) is 3.62. The summed E-state index contributed by atoms with van der Waals surface area (Å²) >= 11 is 0. The number of hydrogen-bond acceptors (Lipinski definition) is 3. The molecule has 4 heteroatoms. The van der Waals surface area contributed by atoms with E-state index < -0.39 is 0 Å². The van der Waals surface area contributed by atoms with Crippen LogP contribution in [0.1, 0.15) is 43.9 Å². The van der Waals surface area contributed by atoms with E-state index in [0.717, 1.165) is 38.5 Å². The maximum Gasteiger partial charge on any atom is 0.322 e. The number of methoxy groups -OCH3 is 1. The van der Waals surface area contributed by atoms with Crippen LogP contribution in [0.15, 0.2) is 24.3 Å². The Morgan fingerprint density at radius 3 is 3.04 bits per heavy atom. The van der Waals surface area contributed by atoms with Gasteiger partial charge in [0.15, 0.2) is 0 Å². The smallest absolute Gasteiger partial charge is 0.322 e. The van der Waals surface area contributed by atoms with Gasteiger partial charge in [-0.2, -0.15) is 0 Å². The zero-order valence-corrected chi connectivity index (χ0v) is 14.0. The molecule has 2 N–H and O–H groups in total. The Morgan fingerprint density at radius 1 is 1.43 bits per heavy atom. The monoisotopic (exact) mass is 314 g/mol. The number of aromatic nitrogens is 1. The lowest BCUT2D eigenvalue weighted by Gasteiger charge is -2.27. The van der Waals surface area contributed by atoms with E-state index in [1.54, 1.807) is 0 Å². The molecule has 0 fully saturated rings. The molecule has 1 aromatic heterocycles. The van der Waals surface area contributed by atoms with Crippen LogP contribution in [0.2, 0.25) is 0 Å². The number of aryl methyl sites for hydroxylation is 1. The maximum absolute atomic E-state index is 12.0. The van der Waals surface area contributed by atoms with Crippen molar-refractivity contribution >= 4 is 16.9 Å². The molecule has 0 spiro atoms. The zero-order valence-electron chi connectivity index (χ0n) is 14.0. The largest absolute Gasteiger partial charge is 0.468 e. The third-order valence-electron chi connectivity index (χ3n) is 4.86. The lowest BCUT2D eigenvalue weighted by atomic mass is 9.90. The van der Waals surface area contributed by atoms with Gasteiger partial charge in [0.05, 0.1) is 7.11 Å². The van der Waals surface area contributed by atoms with E-state index in [9.17, 15) is 4.79 Å². The second kappa shape index (κ2) is 7.18. The van der Waals surface area contributed by atoms with E-state index in [1.165, 1.54) is 29.3 Å². The zero-order chi connectivity index (χ0) is 16.2. The van der Waals surface area contributed by atoms with E-state index in [-0.39, 0.29) is 12.0 Å². The van der Waals surface area contributed by atoms with Crippen LogP contribution in [-0.2, 0) is 22.4 Å². The highest BCUT2D eigenvalue weighted by Crippen LogP contribution is 2.29. The van der Waals surface area contributed by atoms with E-state index in [1.807, 2.05) is 0 Å². The van der Waals surface area contributed by atoms with Gasteiger partial charge >= 0.3 is 5.97 Å². The number of benzene rings is 1. The topological polar surface area (TPSA) is 54.1 Å². The summed E-state index contributed by atoms with van der Waals surface area (Å²) in [6.07, 6.45) is 6.03. The maximum atomic E-state index is 12.0. The van der Waals surface area contributed by atoms with E-state index in [4.69, 9.17) is 4.74 Å². The molecule has 0 aliphatic heterocycles. The van der Waals surface area contributed by atoms with Crippen LogP contribution < -0.4 is 5.32 Å². The second-order valence-electron chi connectivity index (χ2n) is 6.45. The predicted molar refractivity (Wildman–Crippen MR) is 92.6 cm³/mol. The van der Waals surface area contributed by atoms with Crippen molar-refractivity contribution in [1.29, 1.82) is 0 Å². The van der Waals surface area contributed by atoms with Gasteiger partial charge in [0.25, 0.3) is 0 Å². The van der Waals surface area contributed by atoms with Gasteiger partial charge in [-0.05, 0) is 37.3 Å². The molecule has 0 saturated heterocycles. The quantitative estimate of drug-likeness (QED) is 0.804. The molecule has 1 aromatic carbocycles. The lowest BCUT2D eigenvalue weighted by Crippen LogP contribution is -2.46.